The van der Waals surface area contributed by atoms with E-state index in [0.29, 0.717) is 42.5 Å². The van der Waals surface area contributed by atoms with Gasteiger partial charge in [0.1, 0.15) is 12.2 Å². The van der Waals surface area contributed by atoms with Crippen LogP contribution in [0.4, 0.5) is 10.5 Å². The number of hydrogen-bond donors (Lipinski definition) is 4. The van der Waals surface area contributed by atoms with Gasteiger partial charge in [0.05, 0.1) is 16.4 Å². The van der Waals surface area contributed by atoms with Gasteiger partial charge >= 0.3 is 11.9 Å². The fraction of sp³-hybridized carbons (Fsp3) is 0.406. The molecule has 0 spiro atoms. The van der Waals surface area contributed by atoms with Crippen molar-refractivity contribution >= 4 is 53.5 Å². The number of amides is 6. The molecule has 2 aliphatic rings. The summed E-state index contributed by atoms with van der Waals surface area (Å²) in [5, 5.41) is 4.96. The Balaban J connectivity index is 1.41. The summed E-state index contributed by atoms with van der Waals surface area (Å²) in [6.07, 6.45) is 3.23. The minimum absolute atomic E-state index is 0.169. The van der Waals surface area contributed by atoms with Crippen LogP contribution in [0.3, 0.4) is 0 Å². The number of quaternary nitrogens is 1. The number of benzene rings is 2. The summed E-state index contributed by atoms with van der Waals surface area (Å²) in [6, 6.07) is 12.3. The van der Waals surface area contributed by atoms with Crippen molar-refractivity contribution in [1.29, 1.82) is 0 Å². The van der Waals surface area contributed by atoms with E-state index in [2.05, 4.69) is 23.3 Å². The molecule has 6 amide bonds. The Kier molecular flexibility index (Phi) is 9.89. The molecular weight excluding hydrogens is 566 g/mol. The molecule has 0 aliphatic carbocycles. The van der Waals surface area contributed by atoms with E-state index < -0.39 is 27.7 Å². The number of para-hydroxylation sites is 1. The maximum atomic E-state index is 13.8. The third-order valence-corrected chi connectivity index (χ3v) is 8.35. The van der Waals surface area contributed by atoms with Gasteiger partial charge < -0.3 is 16.4 Å². The first-order valence-electron chi connectivity index (χ1n) is 14.6. The van der Waals surface area contributed by atoms with Crippen LogP contribution >= 0.6 is 12.6 Å². The lowest BCUT2D eigenvalue weighted by Crippen LogP contribution is -2.62. The van der Waals surface area contributed by atoms with Crippen molar-refractivity contribution in [2.24, 2.45) is 11.7 Å². The Morgan fingerprint density at radius 1 is 0.953 bits per heavy atom. The lowest BCUT2D eigenvalue weighted by atomic mass is 10.0. The molecule has 0 saturated carbocycles. The van der Waals surface area contributed by atoms with E-state index in [1.807, 2.05) is 32.9 Å². The lowest BCUT2D eigenvalue weighted by Gasteiger charge is -2.28. The minimum Gasteiger partial charge on any atom is -0.352 e. The van der Waals surface area contributed by atoms with E-state index in [4.69, 9.17) is 5.73 Å². The highest BCUT2D eigenvalue weighted by Crippen LogP contribution is 2.43. The molecule has 2 aromatic carbocycles. The number of nitrogens with zero attached hydrogens (tertiary/aromatic N) is 2. The monoisotopic (exact) mass is 606 g/mol. The summed E-state index contributed by atoms with van der Waals surface area (Å²) < 4.78 is -0.663. The van der Waals surface area contributed by atoms with E-state index >= 15 is 0 Å². The molecule has 4 N–H and O–H groups in total. The molecule has 10 nitrogen and oxygen atoms in total. The molecule has 2 heterocycles. The second kappa shape index (κ2) is 13.2. The molecule has 0 aromatic heterocycles. The smallest absolute Gasteiger partial charge is 0.352 e. The zero-order valence-corrected chi connectivity index (χ0v) is 25.9. The normalized spacial score (nSPS) is 19.4. The number of carbonyl (C=O) groups is 5. The van der Waals surface area contributed by atoms with Gasteiger partial charge in [0.25, 0.3) is 11.8 Å². The van der Waals surface area contributed by atoms with Crippen LogP contribution in [0, 0.1) is 5.92 Å². The Hall–Kier alpha value is -3.80. The van der Waals surface area contributed by atoms with Crippen molar-refractivity contribution < 1.29 is 24.0 Å². The number of fused-ring (bicyclic) bond motifs is 2. The fourth-order valence-corrected chi connectivity index (χ4v) is 6.08. The number of nitrogens with one attached hydrogen (secondary N) is 2. The number of hydrogen-bond acceptors (Lipinski definition) is 7. The molecule has 2 aliphatic heterocycles. The minimum atomic E-state index is -0.844. The largest absolute Gasteiger partial charge is 0.433 e. The predicted octanol–water partition coefficient (Wildman–Crippen LogP) is 3.86. The van der Waals surface area contributed by atoms with Gasteiger partial charge in [-0.1, -0.05) is 38.1 Å². The predicted molar refractivity (Wildman–Crippen MR) is 169 cm³/mol. The Morgan fingerprint density at radius 3 is 2.12 bits per heavy atom. The third kappa shape index (κ3) is 6.29. The zero-order valence-electron chi connectivity index (χ0n) is 25.0. The van der Waals surface area contributed by atoms with Crippen molar-refractivity contribution in [1.82, 2.24) is 20.0 Å². The highest BCUT2D eigenvalue weighted by molar-refractivity contribution is 7.81. The van der Waals surface area contributed by atoms with Crippen molar-refractivity contribution in [2.45, 2.75) is 63.8 Å². The first kappa shape index (κ1) is 32.1. The van der Waals surface area contributed by atoms with Crippen LogP contribution < -0.4 is 20.9 Å². The van der Waals surface area contributed by atoms with Crippen LogP contribution in [0.15, 0.2) is 54.7 Å². The van der Waals surface area contributed by atoms with E-state index in [0.717, 1.165) is 11.1 Å². The second-order valence-corrected chi connectivity index (χ2v) is 12.2. The fourth-order valence-electron chi connectivity index (χ4n) is 5.82. The Morgan fingerprint density at radius 2 is 1.53 bits per heavy atom. The van der Waals surface area contributed by atoms with E-state index in [1.54, 1.807) is 42.6 Å². The molecule has 4 atom stereocenters. The maximum absolute atomic E-state index is 13.8. The Bertz CT molecular complexity index is 1440. The molecule has 0 saturated heterocycles. The van der Waals surface area contributed by atoms with E-state index in [9.17, 15) is 24.0 Å². The molecule has 4 rings (SSSR count). The second-order valence-electron chi connectivity index (χ2n) is 11.6. The molecule has 43 heavy (non-hydrogen) atoms. The van der Waals surface area contributed by atoms with Gasteiger partial charge in [0, 0.05) is 36.8 Å². The van der Waals surface area contributed by atoms with Gasteiger partial charge in [-0.15, -0.1) is 4.48 Å². The molecule has 2 unspecified atom stereocenters. The first-order chi connectivity index (χ1) is 20.4. The van der Waals surface area contributed by atoms with Crippen molar-refractivity contribution in [2.75, 3.05) is 13.6 Å². The molecule has 0 fully saturated rings. The van der Waals surface area contributed by atoms with Gasteiger partial charge in [-0.05, 0) is 56.7 Å². The average Bonchev–Trinajstić information content (AvgIpc) is 3.43. The number of carbonyl (C=O) groups excluding carboxylic acids is 5. The van der Waals surface area contributed by atoms with Crippen LogP contribution in [-0.2, 0) is 9.59 Å². The number of urea groups is 1. The quantitative estimate of drug-likeness (QED) is 0.174. The molecular formula is C32H40N5O5S+. The van der Waals surface area contributed by atoms with Crippen molar-refractivity contribution in [3.8, 4) is 0 Å². The number of imide groups is 2. The summed E-state index contributed by atoms with van der Waals surface area (Å²) in [7, 11) is 1.49. The SMILES string of the molecule is CNC(=O)[N+]1(C(=O)[C@@H](N)CC(C)C)C=C(C[C@@H](C)NC(=O)C(S)CCCN2C(=O)c3ccccc3C2=O)c2ccccc21. The average molecular weight is 607 g/mol. The number of rotatable bonds is 11. The summed E-state index contributed by atoms with van der Waals surface area (Å²) in [5.74, 6) is -1.18. The molecule has 2 aromatic rings. The van der Waals surface area contributed by atoms with Gasteiger partial charge in [-0.25, -0.2) is 9.59 Å². The van der Waals surface area contributed by atoms with Crippen LogP contribution in [-0.4, -0.2) is 65.5 Å². The summed E-state index contributed by atoms with van der Waals surface area (Å²) in [4.78, 5) is 66.5. The molecule has 11 heteroatoms. The van der Waals surface area contributed by atoms with Crippen LogP contribution in [0.2, 0.25) is 0 Å². The molecule has 0 radical (unpaired) electrons. The molecule has 228 valence electrons. The third-order valence-electron chi connectivity index (χ3n) is 7.86. The van der Waals surface area contributed by atoms with Crippen LogP contribution in [0.25, 0.3) is 5.57 Å². The van der Waals surface area contributed by atoms with Crippen LogP contribution in [0.5, 0.6) is 0 Å². The maximum Gasteiger partial charge on any atom is 0.433 e. The summed E-state index contributed by atoms with van der Waals surface area (Å²) >= 11 is 4.48. The van der Waals surface area contributed by atoms with Gasteiger partial charge in [0.15, 0.2) is 5.69 Å². The van der Waals surface area contributed by atoms with Gasteiger partial charge in [-0.3, -0.25) is 19.3 Å². The van der Waals surface area contributed by atoms with Gasteiger partial charge in [0.2, 0.25) is 5.91 Å². The van der Waals surface area contributed by atoms with E-state index in [-0.39, 0.29) is 36.2 Å². The Labute approximate surface area is 257 Å². The topological polar surface area (TPSA) is 139 Å². The van der Waals surface area contributed by atoms with Crippen LogP contribution in [0.1, 0.15) is 72.7 Å². The highest BCUT2D eigenvalue weighted by atomic mass is 32.1. The number of nitrogens with two attached hydrogens (primary N) is 1. The lowest BCUT2D eigenvalue weighted by molar-refractivity contribution is -0.127. The summed E-state index contributed by atoms with van der Waals surface area (Å²) in [5.41, 5.74) is 9.13. The number of thiol groups is 1. The molecule has 0 bridgehead atoms. The summed E-state index contributed by atoms with van der Waals surface area (Å²) in [6.45, 7) is 5.99. The zero-order chi connectivity index (χ0) is 31.5. The van der Waals surface area contributed by atoms with Crippen molar-refractivity contribution in [3.63, 3.8) is 0 Å². The highest BCUT2D eigenvalue weighted by Gasteiger charge is 2.53. The first-order valence-corrected chi connectivity index (χ1v) is 15.1. The standard InChI is InChI=1S/C32H39N5O5S/c1-19(2)16-25(33)31(41)37(32(42)34-4)18-21(22-10-7-8-13-26(22)37)17-20(3)35-28(38)27(43)14-9-15-36-29(39)23-11-5-6-12-24(23)30(36)40/h5-8,10-13,18-20,25,27H,9,14-17,33H2,1-4H3,(H2-,34,35,38,42,43)/p+1/t20-,25+,27?,37?/m1/s1. The van der Waals surface area contributed by atoms with Crippen molar-refractivity contribution in [3.05, 3.63) is 71.4 Å². The van der Waals surface area contributed by atoms with E-state index in [1.165, 1.54) is 11.9 Å². The van der Waals surface area contributed by atoms with Gasteiger partial charge in [-0.2, -0.15) is 12.6 Å².